The fraction of sp³-hybridized carbons (Fsp3) is 0.364. The number of carbonyl (C=O) groups is 1. The van der Waals surface area contributed by atoms with Crippen LogP contribution < -0.4 is 0 Å². The first-order chi connectivity index (χ1) is 15.7. The molecule has 0 spiro atoms. The molecule has 1 aliphatic rings. The molecule has 0 N–H and O–H groups in total. The van der Waals surface area contributed by atoms with E-state index >= 15 is 0 Å². The fourth-order valence-electron chi connectivity index (χ4n) is 3.96. The summed E-state index contributed by atoms with van der Waals surface area (Å²) in [5.74, 6) is -0.777. The lowest BCUT2D eigenvalue weighted by atomic mass is 10.0. The minimum absolute atomic E-state index is 0.00994. The molecule has 33 heavy (non-hydrogen) atoms. The lowest BCUT2D eigenvalue weighted by molar-refractivity contribution is 0.0387. The molecule has 1 aromatic heterocycles. The van der Waals surface area contributed by atoms with Crippen LogP contribution in [0.5, 0.6) is 0 Å². The van der Waals surface area contributed by atoms with Crippen LogP contribution >= 0.6 is 11.6 Å². The van der Waals surface area contributed by atoms with E-state index in [-0.39, 0.29) is 32.7 Å². The molecule has 11 heteroatoms. The van der Waals surface area contributed by atoms with Gasteiger partial charge in [0.05, 0.1) is 21.6 Å². The van der Waals surface area contributed by atoms with Crippen LogP contribution in [0.25, 0.3) is 11.0 Å². The monoisotopic (exact) mass is 497 g/mol. The summed E-state index contributed by atoms with van der Waals surface area (Å²) in [6, 6.07) is 10.2. The van der Waals surface area contributed by atoms with Gasteiger partial charge in [-0.05, 0) is 49.1 Å². The number of fused-ring (bicyclic) bond motifs is 1. The Balaban J connectivity index is 1.57. The molecule has 4 rings (SSSR count). The van der Waals surface area contributed by atoms with Crippen LogP contribution in [0.1, 0.15) is 42.5 Å². The van der Waals surface area contributed by atoms with Crippen molar-refractivity contribution >= 4 is 38.6 Å². The van der Waals surface area contributed by atoms with Gasteiger partial charge in [0.1, 0.15) is 11.5 Å². The SMILES string of the molecule is CC1CCCN(S(=O)(=O)c2cc(C(=O)OCc3nc4ccccc4n3C(F)F)ccc2Cl)C1. The first kappa shape index (κ1) is 23.6. The highest BCUT2D eigenvalue weighted by Crippen LogP contribution is 2.30. The molecule has 0 saturated carbocycles. The van der Waals surface area contributed by atoms with Gasteiger partial charge in [0.15, 0.2) is 5.82 Å². The van der Waals surface area contributed by atoms with Crippen molar-refractivity contribution in [3.63, 3.8) is 0 Å². The normalized spacial score (nSPS) is 17.5. The first-order valence-electron chi connectivity index (χ1n) is 10.4. The van der Waals surface area contributed by atoms with E-state index in [2.05, 4.69) is 4.98 Å². The second-order valence-corrected chi connectivity index (χ2v) is 10.3. The molecule has 1 saturated heterocycles. The highest BCUT2D eigenvalue weighted by Gasteiger charge is 2.31. The predicted molar refractivity (Wildman–Crippen MR) is 119 cm³/mol. The summed E-state index contributed by atoms with van der Waals surface area (Å²) < 4.78 is 60.6. The lowest BCUT2D eigenvalue weighted by Gasteiger charge is -2.30. The third-order valence-corrected chi connectivity index (χ3v) is 7.95. The fourth-order valence-corrected chi connectivity index (χ4v) is 6.06. The third-order valence-electron chi connectivity index (χ3n) is 5.60. The molecule has 1 atom stereocenters. The first-order valence-corrected chi connectivity index (χ1v) is 12.2. The highest BCUT2D eigenvalue weighted by molar-refractivity contribution is 7.89. The second-order valence-electron chi connectivity index (χ2n) is 8.00. The second kappa shape index (κ2) is 9.36. The summed E-state index contributed by atoms with van der Waals surface area (Å²) in [7, 11) is -3.91. The molecule has 0 aliphatic carbocycles. The van der Waals surface area contributed by atoms with Crippen LogP contribution in [0.4, 0.5) is 8.78 Å². The van der Waals surface area contributed by atoms with E-state index in [4.69, 9.17) is 16.3 Å². The highest BCUT2D eigenvalue weighted by atomic mass is 35.5. The van der Waals surface area contributed by atoms with Gasteiger partial charge in [0.25, 0.3) is 0 Å². The van der Waals surface area contributed by atoms with E-state index in [1.54, 1.807) is 18.2 Å². The van der Waals surface area contributed by atoms with Crippen molar-refractivity contribution in [2.45, 2.75) is 37.8 Å². The number of sulfonamides is 1. The Kier molecular flexibility index (Phi) is 6.69. The Morgan fingerprint density at radius 1 is 1.27 bits per heavy atom. The lowest BCUT2D eigenvalue weighted by Crippen LogP contribution is -2.39. The Bertz CT molecular complexity index is 1300. The van der Waals surface area contributed by atoms with Gasteiger partial charge < -0.3 is 4.74 Å². The number of ether oxygens (including phenoxy) is 1. The number of hydrogen-bond acceptors (Lipinski definition) is 5. The van der Waals surface area contributed by atoms with Crippen LogP contribution in [0.2, 0.25) is 5.02 Å². The van der Waals surface area contributed by atoms with Gasteiger partial charge >= 0.3 is 12.5 Å². The standard InChI is InChI=1S/C22H22ClF2N3O4S/c1-14-5-4-10-27(12-14)33(30,31)19-11-15(8-9-16(19)23)21(29)32-13-20-26-17-6-2-3-7-18(17)28(20)22(24)25/h2-3,6-9,11,14,22H,4-5,10,12-13H2,1H3. The zero-order valence-electron chi connectivity index (χ0n) is 17.7. The molecule has 176 valence electrons. The van der Waals surface area contributed by atoms with Gasteiger partial charge in [-0.1, -0.05) is 30.7 Å². The number of aromatic nitrogens is 2. The van der Waals surface area contributed by atoms with Crippen molar-refractivity contribution in [3.05, 3.63) is 58.9 Å². The quantitative estimate of drug-likeness (QED) is 0.454. The number of piperidine rings is 1. The average Bonchev–Trinajstić information content (AvgIpc) is 3.16. The third kappa shape index (κ3) is 4.73. The summed E-state index contributed by atoms with van der Waals surface area (Å²) >= 11 is 6.16. The van der Waals surface area contributed by atoms with Gasteiger partial charge in [-0.2, -0.15) is 13.1 Å². The van der Waals surface area contributed by atoms with Gasteiger partial charge in [0.2, 0.25) is 10.0 Å². The largest absolute Gasteiger partial charge is 0.454 e. The van der Waals surface area contributed by atoms with Crippen molar-refractivity contribution in [1.29, 1.82) is 0 Å². The van der Waals surface area contributed by atoms with E-state index in [1.807, 2.05) is 6.92 Å². The summed E-state index contributed by atoms with van der Waals surface area (Å²) in [5, 5.41) is -0.00994. The Morgan fingerprint density at radius 2 is 2.03 bits per heavy atom. The zero-order chi connectivity index (χ0) is 23.8. The summed E-state index contributed by atoms with van der Waals surface area (Å²) in [6.07, 6.45) is 1.68. The molecule has 3 aromatic rings. The number of imidazole rings is 1. The van der Waals surface area contributed by atoms with Gasteiger partial charge in [0, 0.05) is 13.1 Å². The van der Waals surface area contributed by atoms with E-state index in [1.165, 1.54) is 22.5 Å². The molecular weight excluding hydrogens is 476 g/mol. The number of benzene rings is 2. The maximum atomic E-state index is 13.6. The van der Waals surface area contributed by atoms with Crippen molar-refractivity contribution in [2.75, 3.05) is 13.1 Å². The topological polar surface area (TPSA) is 81.5 Å². The minimum Gasteiger partial charge on any atom is -0.454 e. The van der Waals surface area contributed by atoms with E-state index in [0.717, 1.165) is 18.9 Å². The van der Waals surface area contributed by atoms with Crippen molar-refractivity contribution < 1.29 is 26.7 Å². The Hall–Kier alpha value is -2.56. The van der Waals surface area contributed by atoms with E-state index in [9.17, 15) is 22.0 Å². The van der Waals surface area contributed by atoms with E-state index < -0.39 is 29.1 Å². The molecule has 1 aliphatic heterocycles. The number of carbonyl (C=O) groups excluding carboxylic acids is 1. The van der Waals surface area contributed by atoms with Crippen molar-refractivity contribution in [3.8, 4) is 0 Å². The molecule has 2 heterocycles. The maximum absolute atomic E-state index is 13.6. The molecule has 2 aromatic carbocycles. The summed E-state index contributed by atoms with van der Waals surface area (Å²) in [6.45, 7) is -0.653. The predicted octanol–water partition coefficient (Wildman–Crippen LogP) is 4.86. The molecule has 0 radical (unpaired) electrons. The van der Waals surface area contributed by atoms with Gasteiger partial charge in [-0.3, -0.25) is 4.57 Å². The number of esters is 1. The van der Waals surface area contributed by atoms with Gasteiger partial charge in [-0.15, -0.1) is 0 Å². The van der Waals surface area contributed by atoms with Gasteiger partial charge in [-0.25, -0.2) is 18.2 Å². The Labute approximate surface area is 195 Å². The number of alkyl halides is 2. The molecule has 7 nitrogen and oxygen atoms in total. The molecule has 0 amide bonds. The molecule has 0 bridgehead atoms. The summed E-state index contributed by atoms with van der Waals surface area (Å²) in [5.41, 5.74) is 0.511. The van der Waals surface area contributed by atoms with Crippen LogP contribution in [-0.4, -0.2) is 41.3 Å². The molecule has 1 fully saturated rings. The number of nitrogens with zero attached hydrogens (tertiary/aromatic N) is 3. The average molecular weight is 498 g/mol. The number of hydrogen-bond donors (Lipinski definition) is 0. The van der Waals surface area contributed by atoms with Crippen LogP contribution in [0, 0.1) is 5.92 Å². The number of rotatable bonds is 6. The molecule has 1 unspecified atom stereocenters. The number of para-hydroxylation sites is 2. The minimum atomic E-state index is -3.91. The zero-order valence-corrected chi connectivity index (χ0v) is 19.3. The van der Waals surface area contributed by atoms with Crippen LogP contribution in [0.15, 0.2) is 47.4 Å². The molecular formula is C22H22ClF2N3O4S. The van der Waals surface area contributed by atoms with Crippen molar-refractivity contribution in [1.82, 2.24) is 13.9 Å². The van der Waals surface area contributed by atoms with Crippen LogP contribution in [0.3, 0.4) is 0 Å². The summed E-state index contributed by atoms with van der Waals surface area (Å²) in [4.78, 5) is 16.6. The number of halogens is 3. The van der Waals surface area contributed by atoms with Crippen molar-refractivity contribution in [2.24, 2.45) is 5.92 Å². The smallest absolute Gasteiger partial charge is 0.338 e. The van der Waals surface area contributed by atoms with E-state index in [0.29, 0.717) is 23.2 Å². The maximum Gasteiger partial charge on any atom is 0.338 e. The Morgan fingerprint density at radius 3 is 2.76 bits per heavy atom. The van der Waals surface area contributed by atoms with Crippen LogP contribution in [-0.2, 0) is 21.4 Å².